The zero-order valence-electron chi connectivity index (χ0n) is 19.5. The molecule has 0 aromatic heterocycles. The number of hydrogen-bond acceptors (Lipinski definition) is 0. The van der Waals surface area contributed by atoms with Crippen molar-refractivity contribution in [2.45, 2.75) is 91.4 Å². The summed E-state index contributed by atoms with van der Waals surface area (Å²) in [4.78, 5) is 0. The monoisotopic (exact) mass is 424 g/mol. The first kappa shape index (κ1) is 30.8. The third-order valence-electron chi connectivity index (χ3n) is 5.36. The van der Waals surface area contributed by atoms with Crippen molar-refractivity contribution in [2.75, 3.05) is 0 Å². The van der Waals surface area contributed by atoms with E-state index >= 15 is 0 Å². The first-order chi connectivity index (χ1) is 13.1. The fraction of sp³-hybridized carbons (Fsp3) is 0.519. The van der Waals surface area contributed by atoms with Crippen LogP contribution in [-0.2, 0) is 6.42 Å². The van der Waals surface area contributed by atoms with Crippen LogP contribution < -0.4 is 29.6 Å². The quantitative estimate of drug-likeness (QED) is 0.233. The molecule has 0 nitrogen and oxygen atoms in total. The van der Waals surface area contributed by atoms with Gasteiger partial charge in [0.25, 0.3) is 0 Å². The van der Waals surface area contributed by atoms with Crippen LogP contribution in [0.15, 0.2) is 48.5 Å². The largest absolute Gasteiger partial charge is 1.00 e. The molecule has 0 saturated heterocycles. The summed E-state index contributed by atoms with van der Waals surface area (Å²) in [6.45, 7) is 10.5. The van der Waals surface area contributed by atoms with E-state index in [0.717, 1.165) is 5.56 Å². The normalized spacial score (nSPS) is 9.62. The molecule has 0 radical (unpaired) electrons. The van der Waals surface area contributed by atoms with E-state index in [1.54, 1.807) is 5.56 Å². The molecule has 158 valence electrons. The van der Waals surface area contributed by atoms with Gasteiger partial charge in [-0.05, 0) is 43.4 Å². The minimum Gasteiger partial charge on any atom is -0.199 e. The predicted octanol–water partition coefficient (Wildman–Crippen LogP) is 6.06. The molecule has 0 amide bonds. The van der Waals surface area contributed by atoms with E-state index in [1.165, 1.54) is 81.8 Å². The number of benzene rings is 2. The van der Waals surface area contributed by atoms with Gasteiger partial charge in [-0.2, -0.15) is 24.6 Å². The average Bonchev–Trinajstić information content (AvgIpc) is 2.67. The fourth-order valence-corrected chi connectivity index (χ4v) is 3.36. The molecule has 0 saturated carbocycles. The molecule has 0 aliphatic heterocycles. The summed E-state index contributed by atoms with van der Waals surface area (Å²) >= 11 is 0. The number of hydrogen-bond donors (Lipinski definition) is 0. The van der Waals surface area contributed by atoms with Crippen molar-refractivity contribution in [3.63, 3.8) is 0 Å². The molecule has 0 N–H and O–H groups in total. The Labute approximate surface area is 210 Å². The zero-order valence-corrected chi connectivity index (χ0v) is 22.3. The molecule has 0 spiro atoms. The molecule has 2 rings (SSSR count). The van der Waals surface area contributed by atoms with Crippen LogP contribution in [-0.4, -0.2) is 0 Å². The Hall–Kier alpha value is -0.400. The molecule has 0 aliphatic rings. The molecule has 0 fully saturated rings. The minimum atomic E-state index is 0. The van der Waals surface area contributed by atoms with E-state index in [9.17, 15) is 0 Å². The van der Waals surface area contributed by atoms with Crippen LogP contribution in [0.4, 0.5) is 0 Å². The van der Waals surface area contributed by atoms with Crippen LogP contribution >= 0.6 is 12.4 Å². The molecular weight excluding hydrogens is 383 g/mol. The summed E-state index contributed by atoms with van der Waals surface area (Å²) in [6.07, 6.45) is 15.5. The fourth-order valence-electron chi connectivity index (χ4n) is 3.36. The summed E-state index contributed by atoms with van der Waals surface area (Å²) in [7, 11) is 0. The Morgan fingerprint density at radius 1 is 0.655 bits per heavy atom. The van der Waals surface area contributed by atoms with Crippen molar-refractivity contribution in [1.82, 2.24) is 0 Å². The number of rotatable bonds is 11. The number of aryl methyl sites for hydroxylation is 2. The maximum Gasteiger partial charge on any atom is 1.00 e. The molecule has 29 heavy (non-hydrogen) atoms. The summed E-state index contributed by atoms with van der Waals surface area (Å²) in [5.41, 5.74) is 5.57. The van der Waals surface area contributed by atoms with Crippen LogP contribution in [0.25, 0.3) is 0 Å². The van der Waals surface area contributed by atoms with Gasteiger partial charge in [0.15, 0.2) is 0 Å². The van der Waals surface area contributed by atoms with Gasteiger partial charge in [0.2, 0.25) is 0 Å². The topological polar surface area (TPSA) is 0 Å². The van der Waals surface area contributed by atoms with E-state index in [1.807, 2.05) is 30.3 Å². The van der Waals surface area contributed by atoms with Crippen LogP contribution in [0, 0.1) is 20.8 Å². The van der Waals surface area contributed by atoms with Crippen molar-refractivity contribution < 1.29 is 29.6 Å². The van der Waals surface area contributed by atoms with Gasteiger partial charge in [0.05, 0.1) is 0 Å². The Morgan fingerprint density at radius 3 is 1.66 bits per heavy atom. The van der Waals surface area contributed by atoms with Crippen LogP contribution in [0.2, 0.25) is 0 Å². The molecule has 0 heterocycles. The molecular formula is C27H42ClNa. The predicted molar refractivity (Wildman–Crippen MR) is 130 cm³/mol. The van der Waals surface area contributed by atoms with Crippen molar-refractivity contribution >= 4 is 12.4 Å². The maximum absolute atomic E-state index is 3.72. The van der Waals surface area contributed by atoms with Gasteiger partial charge < -0.3 is 0 Å². The summed E-state index contributed by atoms with van der Waals surface area (Å²) in [6, 6.07) is 16.6. The third kappa shape index (κ3) is 16.0. The molecule has 0 bridgehead atoms. The second-order valence-corrected chi connectivity index (χ2v) is 7.78. The molecule has 2 aromatic rings. The Kier molecular flexibility index (Phi) is 22.1. The SMILES string of the molecule is CCCCCCCCCCCCc1cccc(C)c1C.Cl.[CH2-]c1ccccc1.[Na+]. The first-order valence-corrected chi connectivity index (χ1v) is 11.1. The first-order valence-electron chi connectivity index (χ1n) is 11.1. The van der Waals surface area contributed by atoms with Crippen molar-refractivity contribution in [3.05, 3.63) is 77.7 Å². The Morgan fingerprint density at radius 2 is 1.17 bits per heavy atom. The minimum absolute atomic E-state index is 0. The Balaban J connectivity index is 0. The van der Waals surface area contributed by atoms with Crippen molar-refractivity contribution in [3.8, 4) is 0 Å². The third-order valence-corrected chi connectivity index (χ3v) is 5.36. The van der Waals surface area contributed by atoms with Crippen molar-refractivity contribution in [1.29, 1.82) is 0 Å². The van der Waals surface area contributed by atoms with E-state index in [-0.39, 0.29) is 42.0 Å². The molecule has 2 aromatic carbocycles. The summed E-state index contributed by atoms with van der Waals surface area (Å²) in [5.74, 6) is 0. The zero-order chi connectivity index (χ0) is 19.7. The van der Waals surface area contributed by atoms with Gasteiger partial charge >= 0.3 is 29.6 Å². The summed E-state index contributed by atoms with van der Waals surface area (Å²) < 4.78 is 0. The van der Waals surface area contributed by atoms with E-state index in [4.69, 9.17) is 0 Å². The summed E-state index contributed by atoms with van der Waals surface area (Å²) in [5, 5.41) is 0. The number of halogens is 1. The van der Waals surface area contributed by atoms with Crippen LogP contribution in [0.1, 0.15) is 93.4 Å². The van der Waals surface area contributed by atoms with Gasteiger partial charge in [-0.15, -0.1) is 24.5 Å². The van der Waals surface area contributed by atoms with Gasteiger partial charge in [0, 0.05) is 0 Å². The van der Waals surface area contributed by atoms with Crippen molar-refractivity contribution in [2.24, 2.45) is 0 Å². The second kappa shape index (κ2) is 20.9. The smallest absolute Gasteiger partial charge is 0.199 e. The van der Waals surface area contributed by atoms with E-state index in [0.29, 0.717) is 0 Å². The average molecular weight is 425 g/mol. The molecule has 0 aliphatic carbocycles. The van der Waals surface area contributed by atoms with Crippen LogP contribution in [0.5, 0.6) is 0 Å². The Bertz CT molecular complexity index is 595. The second-order valence-electron chi connectivity index (χ2n) is 7.78. The van der Waals surface area contributed by atoms with E-state index in [2.05, 4.69) is 45.9 Å². The van der Waals surface area contributed by atoms with Gasteiger partial charge in [-0.25, -0.2) is 0 Å². The van der Waals surface area contributed by atoms with E-state index < -0.39 is 0 Å². The van der Waals surface area contributed by atoms with Gasteiger partial charge in [-0.1, -0.05) is 89.0 Å². The molecule has 0 atom stereocenters. The number of unbranched alkanes of at least 4 members (excludes halogenated alkanes) is 9. The molecule has 2 heteroatoms. The molecule has 0 unspecified atom stereocenters. The van der Waals surface area contributed by atoms with Gasteiger partial charge in [0.1, 0.15) is 0 Å². The standard InChI is InChI=1S/C20H34.C7H7.ClH.Na/c1-4-5-6-7-8-9-10-11-12-13-16-20-17-14-15-18(2)19(20)3;1-7-5-3-2-4-6-7;;/h14-15,17H,4-13,16H2,1-3H3;2-6H,1H2;1H;/q;-1;;+1. The van der Waals surface area contributed by atoms with Gasteiger partial charge in [-0.3, -0.25) is 0 Å². The maximum atomic E-state index is 3.72. The van der Waals surface area contributed by atoms with Crippen LogP contribution in [0.3, 0.4) is 0 Å².